The molecular formula is C22H27FN4O3S. The summed E-state index contributed by atoms with van der Waals surface area (Å²) in [5.41, 5.74) is 0.483. The first-order valence-electron chi connectivity index (χ1n) is 10.1. The van der Waals surface area contributed by atoms with E-state index in [1.807, 2.05) is 0 Å². The van der Waals surface area contributed by atoms with Crippen LogP contribution in [0.15, 0.2) is 35.7 Å². The molecule has 0 spiro atoms. The van der Waals surface area contributed by atoms with Gasteiger partial charge in [0.25, 0.3) is 0 Å². The monoisotopic (exact) mass is 446 g/mol. The van der Waals surface area contributed by atoms with Crippen molar-refractivity contribution in [3.05, 3.63) is 47.2 Å². The van der Waals surface area contributed by atoms with Crippen LogP contribution in [0.5, 0.6) is 0 Å². The molecule has 0 saturated carbocycles. The maximum atomic E-state index is 14.2. The first-order chi connectivity index (χ1) is 14.8. The molecule has 1 aliphatic rings. The molecule has 31 heavy (non-hydrogen) atoms. The maximum Gasteiger partial charge on any atom is 0.244 e. The van der Waals surface area contributed by atoms with E-state index in [0.717, 1.165) is 13.1 Å². The number of thiazole rings is 1. The molecule has 9 heteroatoms. The van der Waals surface area contributed by atoms with Crippen LogP contribution in [-0.2, 0) is 14.3 Å². The first-order valence-corrected chi connectivity index (χ1v) is 11.0. The summed E-state index contributed by atoms with van der Waals surface area (Å²) in [7, 11) is 0. The predicted octanol–water partition coefficient (Wildman–Crippen LogP) is 3.21. The Morgan fingerprint density at radius 3 is 2.71 bits per heavy atom. The molecule has 7 nitrogen and oxygen atoms in total. The van der Waals surface area contributed by atoms with E-state index in [9.17, 15) is 14.0 Å². The van der Waals surface area contributed by atoms with Gasteiger partial charge in [0.2, 0.25) is 11.8 Å². The summed E-state index contributed by atoms with van der Waals surface area (Å²) in [4.78, 5) is 32.3. The molecule has 1 saturated heterocycles. The molecule has 2 amide bonds. The van der Waals surface area contributed by atoms with Crippen molar-refractivity contribution in [2.45, 2.75) is 26.3 Å². The minimum absolute atomic E-state index is 0.142. The molecule has 1 aromatic heterocycles. The number of halogens is 1. The lowest BCUT2D eigenvalue weighted by Gasteiger charge is -2.40. The van der Waals surface area contributed by atoms with Crippen LogP contribution in [0, 0.1) is 5.82 Å². The molecule has 0 bridgehead atoms. The number of nitrogens with zero attached hydrogens (tertiary/aromatic N) is 3. The van der Waals surface area contributed by atoms with Gasteiger partial charge in [-0.05, 0) is 32.1 Å². The SMILES string of the molecule is CC(=O)N(c1nc(/C=C/C(=O)NCC(C)(C)N2CCOCC2)cs1)c1ccccc1F. The quantitative estimate of drug-likeness (QED) is 0.661. The molecule has 0 aliphatic carbocycles. The third-order valence-corrected chi connectivity index (χ3v) is 5.92. The smallest absolute Gasteiger partial charge is 0.244 e. The van der Waals surface area contributed by atoms with Gasteiger partial charge >= 0.3 is 0 Å². The maximum absolute atomic E-state index is 14.2. The predicted molar refractivity (Wildman–Crippen MR) is 120 cm³/mol. The fraction of sp³-hybridized carbons (Fsp3) is 0.409. The first kappa shape index (κ1) is 23.1. The van der Waals surface area contributed by atoms with Gasteiger partial charge < -0.3 is 10.1 Å². The number of morpholine rings is 1. The topological polar surface area (TPSA) is 74.8 Å². The Hall–Kier alpha value is -2.62. The van der Waals surface area contributed by atoms with Crippen molar-refractivity contribution < 1.29 is 18.7 Å². The number of anilines is 2. The molecule has 1 aromatic carbocycles. The summed E-state index contributed by atoms with van der Waals surface area (Å²) >= 11 is 1.20. The van der Waals surface area contributed by atoms with Gasteiger partial charge in [-0.1, -0.05) is 12.1 Å². The number of carbonyl (C=O) groups excluding carboxylic acids is 2. The Labute approximate surface area is 185 Å². The average molecular weight is 447 g/mol. The van der Waals surface area contributed by atoms with Crippen LogP contribution in [0.4, 0.5) is 15.2 Å². The molecule has 0 radical (unpaired) electrons. The zero-order valence-electron chi connectivity index (χ0n) is 17.9. The van der Waals surface area contributed by atoms with Crippen molar-refractivity contribution in [2.24, 2.45) is 0 Å². The van der Waals surface area contributed by atoms with Gasteiger partial charge in [-0.25, -0.2) is 9.37 Å². The number of ether oxygens (including phenoxy) is 1. The number of hydrogen-bond acceptors (Lipinski definition) is 6. The summed E-state index contributed by atoms with van der Waals surface area (Å²) in [5.74, 6) is -1.08. The van der Waals surface area contributed by atoms with Gasteiger partial charge in [0, 0.05) is 43.6 Å². The largest absolute Gasteiger partial charge is 0.379 e. The van der Waals surface area contributed by atoms with Crippen molar-refractivity contribution in [1.82, 2.24) is 15.2 Å². The number of nitrogens with one attached hydrogen (secondary N) is 1. The third kappa shape index (κ3) is 5.96. The minimum Gasteiger partial charge on any atom is -0.379 e. The number of para-hydroxylation sites is 1. The molecule has 0 atom stereocenters. The molecule has 166 valence electrons. The van der Waals surface area contributed by atoms with Gasteiger partial charge in [0.1, 0.15) is 5.82 Å². The fourth-order valence-corrected chi connectivity index (χ4v) is 4.15. The second kappa shape index (κ2) is 10.1. The van der Waals surface area contributed by atoms with Crippen molar-refractivity contribution in [2.75, 3.05) is 37.7 Å². The number of amides is 2. The van der Waals surface area contributed by atoms with E-state index < -0.39 is 5.82 Å². The van der Waals surface area contributed by atoms with Gasteiger partial charge in [-0.3, -0.25) is 19.4 Å². The highest BCUT2D eigenvalue weighted by Crippen LogP contribution is 2.30. The number of rotatable bonds is 7. The van der Waals surface area contributed by atoms with Crippen molar-refractivity contribution >= 4 is 40.0 Å². The molecule has 1 N–H and O–H groups in total. The Morgan fingerprint density at radius 2 is 2.03 bits per heavy atom. The number of hydrogen-bond donors (Lipinski definition) is 1. The lowest BCUT2D eigenvalue weighted by Crippen LogP contribution is -2.55. The summed E-state index contributed by atoms with van der Waals surface area (Å²) < 4.78 is 19.6. The van der Waals surface area contributed by atoms with Crippen molar-refractivity contribution in [3.8, 4) is 0 Å². The van der Waals surface area contributed by atoms with E-state index in [0.29, 0.717) is 30.6 Å². The van der Waals surface area contributed by atoms with E-state index in [2.05, 4.69) is 29.0 Å². The molecule has 2 heterocycles. The highest BCUT2D eigenvalue weighted by Gasteiger charge is 2.28. The van der Waals surface area contributed by atoms with Crippen LogP contribution in [0.3, 0.4) is 0 Å². The van der Waals surface area contributed by atoms with Gasteiger partial charge in [-0.15, -0.1) is 11.3 Å². The molecule has 1 fully saturated rings. The standard InChI is InChI=1S/C22H27FN4O3S/c1-16(28)27(19-7-5-4-6-18(19)23)21-25-17(14-31-21)8-9-20(29)24-15-22(2,3)26-10-12-30-13-11-26/h4-9,14H,10-13,15H2,1-3H3,(H,24,29)/b9-8+. The van der Waals surface area contributed by atoms with Gasteiger partial charge in [-0.2, -0.15) is 0 Å². The van der Waals surface area contributed by atoms with Crippen LogP contribution in [-0.4, -0.2) is 60.1 Å². The second-order valence-corrected chi connectivity index (χ2v) is 8.66. The Morgan fingerprint density at radius 1 is 1.32 bits per heavy atom. The Kier molecular flexibility index (Phi) is 7.53. The van der Waals surface area contributed by atoms with Gasteiger partial charge in [0.05, 0.1) is 24.6 Å². The van der Waals surface area contributed by atoms with Crippen molar-refractivity contribution in [1.29, 1.82) is 0 Å². The normalized spacial score (nSPS) is 15.2. The van der Waals surface area contributed by atoms with E-state index in [4.69, 9.17) is 4.74 Å². The van der Waals surface area contributed by atoms with Crippen LogP contribution in [0.2, 0.25) is 0 Å². The highest BCUT2D eigenvalue weighted by atomic mass is 32.1. The third-order valence-electron chi connectivity index (χ3n) is 5.08. The second-order valence-electron chi connectivity index (χ2n) is 7.82. The molecular weight excluding hydrogens is 419 g/mol. The summed E-state index contributed by atoms with van der Waals surface area (Å²) in [6.45, 7) is 9.13. The number of carbonyl (C=O) groups is 2. The lowest BCUT2D eigenvalue weighted by molar-refractivity contribution is -0.117. The summed E-state index contributed by atoms with van der Waals surface area (Å²) in [6, 6.07) is 6.04. The van der Waals surface area contributed by atoms with E-state index in [1.54, 1.807) is 23.6 Å². The van der Waals surface area contributed by atoms with Crippen LogP contribution in [0.1, 0.15) is 26.5 Å². The highest BCUT2D eigenvalue weighted by molar-refractivity contribution is 7.14. The van der Waals surface area contributed by atoms with E-state index in [-0.39, 0.29) is 23.0 Å². The molecule has 1 aliphatic heterocycles. The minimum atomic E-state index is -0.507. The fourth-order valence-electron chi connectivity index (χ4n) is 3.30. The summed E-state index contributed by atoms with van der Waals surface area (Å²) in [5, 5.41) is 4.98. The van der Waals surface area contributed by atoms with Gasteiger partial charge in [0.15, 0.2) is 5.13 Å². The van der Waals surface area contributed by atoms with Crippen LogP contribution in [0.25, 0.3) is 6.08 Å². The number of aromatic nitrogens is 1. The zero-order valence-corrected chi connectivity index (χ0v) is 18.7. The zero-order chi connectivity index (χ0) is 22.4. The van der Waals surface area contributed by atoms with E-state index >= 15 is 0 Å². The lowest BCUT2D eigenvalue weighted by atomic mass is 10.0. The molecule has 2 aromatic rings. The van der Waals surface area contributed by atoms with Crippen LogP contribution < -0.4 is 10.2 Å². The summed E-state index contributed by atoms with van der Waals surface area (Å²) in [6.07, 6.45) is 2.99. The molecule has 3 rings (SSSR count). The average Bonchev–Trinajstić information content (AvgIpc) is 3.21. The number of benzene rings is 1. The Balaban J connectivity index is 1.62. The van der Waals surface area contributed by atoms with Crippen molar-refractivity contribution in [3.63, 3.8) is 0 Å². The molecule has 0 unspecified atom stereocenters. The van der Waals surface area contributed by atoms with E-state index in [1.165, 1.54) is 41.4 Å². The Bertz CT molecular complexity index is 954. The van der Waals surface area contributed by atoms with Crippen LogP contribution >= 0.6 is 11.3 Å².